The van der Waals surface area contributed by atoms with E-state index in [1.165, 1.54) is 12.8 Å². The maximum atomic E-state index is 5.32. The standard InChI is InChI=1S/C12H20N4O/c1-9(16-6-4-13-5-7-16)12-14-11(17-15-12)8-10-2-3-10/h9-10,13H,2-8H2,1H3. The summed E-state index contributed by atoms with van der Waals surface area (Å²) >= 11 is 0. The second-order valence-electron chi connectivity index (χ2n) is 5.16. The van der Waals surface area contributed by atoms with E-state index >= 15 is 0 Å². The van der Waals surface area contributed by atoms with Crippen molar-refractivity contribution in [1.29, 1.82) is 0 Å². The van der Waals surface area contributed by atoms with Crippen molar-refractivity contribution in [2.24, 2.45) is 5.92 Å². The van der Waals surface area contributed by atoms with Crippen molar-refractivity contribution < 1.29 is 4.52 Å². The van der Waals surface area contributed by atoms with Gasteiger partial charge in [0, 0.05) is 32.6 Å². The van der Waals surface area contributed by atoms with Gasteiger partial charge in [-0.3, -0.25) is 4.90 Å². The molecular weight excluding hydrogens is 216 g/mol. The van der Waals surface area contributed by atoms with Gasteiger partial charge in [-0.25, -0.2) is 0 Å². The van der Waals surface area contributed by atoms with Gasteiger partial charge in [0.1, 0.15) is 0 Å². The highest BCUT2D eigenvalue weighted by molar-refractivity contribution is 4.96. The number of piperazine rings is 1. The molecule has 1 atom stereocenters. The van der Waals surface area contributed by atoms with Crippen molar-refractivity contribution in [3.8, 4) is 0 Å². The van der Waals surface area contributed by atoms with Crippen LogP contribution in [0.4, 0.5) is 0 Å². The minimum Gasteiger partial charge on any atom is -0.339 e. The second-order valence-corrected chi connectivity index (χ2v) is 5.16. The number of aromatic nitrogens is 2. The van der Waals surface area contributed by atoms with Crippen LogP contribution in [0.25, 0.3) is 0 Å². The summed E-state index contributed by atoms with van der Waals surface area (Å²) in [6, 6.07) is 0.272. The molecule has 1 aliphatic carbocycles. The topological polar surface area (TPSA) is 54.2 Å². The molecule has 5 nitrogen and oxygen atoms in total. The van der Waals surface area contributed by atoms with E-state index in [-0.39, 0.29) is 6.04 Å². The number of nitrogens with one attached hydrogen (secondary N) is 1. The average molecular weight is 236 g/mol. The first-order chi connectivity index (χ1) is 8.33. The molecule has 94 valence electrons. The molecule has 0 spiro atoms. The van der Waals surface area contributed by atoms with E-state index in [1.807, 2.05) is 0 Å². The van der Waals surface area contributed by atoms with Gasteiger partial charge in [0.05, 0.1) is 6.04 Å². The van der Waals surface area contributed by atoms with Crippen molar-refractivity contribution in [1.82, 2.24) is 20.4 Å². The second kappa shape index (κ2) is 4.74. The van der Waals surface area contributed by atoms with Gasteiger partial charge in [-0.05, 0) is 25.7 Å². The Hall–Kier alpha value is -0.940. The first-order valence-electron chi connectivity index (χ1n) is 6.60. The molecule has 1 aromatic heterocycles. The van der Waals surface area contributed by atoms with Crippen molar-refractivity contribution in [2.45, 2.75) is 32.2 Å². The Morgan fingerprint density at radius 2 is 2.18 bits per heavy atom. The molecule has 17 heavy (non-hydrogen) atoms. The quantitative estimate of drug-likeness (QED) is 0.845. The lowest BCUT2D eigenvalue weighted by atomic mass is 10.2. The van der Waals surface area contributed by atoms with E-state index in [2.05, 4.69) is 27.3 Å². The maximum absolute atomic E-state index is 5.32. The van der Waals surface area contributed by atoms with Gasteiger partial charge < -0.3 is 9.84 Å². The molecule has 1 unspecified atom stereocenters. The number of hydrogen-bond donors (Lipinski definition) is 1. The Kier molecular flexibility index (Phi) is 3.11. The first kappa shape index (κ1) is 11.2. The molecule has 2 heterocycles. The Bertz CT molecular complexity index is 368. The fourth-order valence-electron chi connectivity index (χ4n) is 2.32. The largest absolute Gasteiger partial charge is 0.339 e. The molecule has 0 aromatic carbocycles. The van der Waals surface area contributed by atoms with Gasteiger partial charge >= 0.3 is 0 Å². The summed E-state index contributed by atoms with van der Waals surface area (Å²) in [6.45, 7) is 6.40. The molecule has 0 amide bonds. The van der Waals surface area contributed by atoms with Crippen LogP contribution in [-0.4, -0.2) is 41.2 Å². The Morgan fingerprint density at radius 1 is 1.41 bits per heavy atom. The average Bonchev–Trinajstić information content (AvgIpc) is 3.06. The summed E-state index contributed by atoms with van der Waals surface area (Å²) in [5, 5.41) is 7.48. The third kappa shape index (κ3) is 2.66. The van der Waals surface area contributed by atoms with Crippen LogP contribution in [0.1, 0.15) is 37.5 Å². The van der Waals surface area contributed by atoms with Crippen molar-refractivity contribution in [3.05, 3.63) is 11.7 Å². The summed E-state index contributed by atoms with van der Waals surface area (Å²) in [5.74, 6) is 2.48. The molecule has 2 aliphatic rings. The maximum Gasteiger partial charge on any atom is 0.226 e. The molecule has 2 fully saturated rings. The minimum atomic E-state index is 0.272. The van der Waals surface area contributed by atoms with Gasteiger partial charge in [-0.15, -0.1) is 0 Å². The van der Waals surface area contributed by atoms with E-state index in [1.54, 1.807) is 0 Å². The van der Waals surface area contributed by atoms with Crippen molar-refractivity contribution in [2.75, 3.05) is 26.2 Å². The van der Waals surface area contributed by atoms with Crippen LogP contribution in [0.15, 0.2) is 4.52 Å². The summed E-state index contributed by atoms with van der Waals surface area (Å²) in [5.41, 5.74) is 0. The van der Waals surface area contributed by atoms with Crippen LogP contribution >= 0.6 is 0 Å². The predicted molar refractivity (Wildman–Crippen MR) is 63.6 cm³/mol. The lowest BCUT2D eigenvalue weighted by Gasteiger charge is -2.30. The van der Waals surface area contributed by atoms with E-state index in [9.17, 15) is 0 Å². The highest BCUT2D eigenvalue weighted by Crippen LogP contribution is 2.32. The zero-order chi connectivity index (χ0) is 11.7. The third-order valence-electron chi connectivity index (χ3n) is 3.72. The Balaban J connectivity index is 1.62. The predicted octanol–water partition coefficient (Wildman–Crippen LogP) is 0.988. The third-order valence-corrected chi connectivity index (χ3v) is 3.72. The lowest BCUT2D eigenvalue weighted by Crippen LogP contribution is -2.44. The molecule has 1 aromatic rings. The van der Waals surface area contributed by atoms with E-state index < -0.39 is 0 Å². The molecule has 0 radical (unpaired) electrons. The molecule has 3 rings (SSSR count). The zero-order valence-corrected chi connectivity index (χ0v) is 10.4. The normalized spacial score (nSPS) is 23.8. The van der Waals surface area contributed by atoms with Crippen LogP contribution in [0.2, 0.25) is 0 Å². The van der Waals surface area contributed by atoms with Crippen LogP contribution in [-0.2, 0) is 6.42 Å². The highest BCUT2D eigenvalue weighted by Gasteiger charge is 2.26. The summed E-state index contributed by atoms with van der Waals surface area (Å²) in [7, 11) is 0. The number of nitrogens with zero attached hydrogens (tertiary/aromatic N) is 3. The SMILES string of the molecule is CC(c1noc(CC2CC2)n1)N1CCNCC1. The lowest BCUT2D eigenvalue weighted by molar-refractivity contribution is 0.176. The Morgan fingerprint density at radius 3 is 2.88 bits per heavy atom. The summed E-state index contributed by atoms with van der Waals surface area (Å²) < 4.78 is 5.32. The van der Waals surface area contributed by atoms with Gasteiger partial charge in [0.25, 0.3) is 0 Å². The van der Waals surface area contributed by atoms with E-state index in [0.717, 1.165) is 50.2 Å². The fraction of sp³-hybridized carbons (Fsp3) is 0.833. The van der Waals surface area contributed by atoms with Crippen LogP contribution in [0.3, 0.4) is 0 Å². The highest BCUT2D eigenvalue weighted by atomic mass is 16.5. The van der Waals surface area contributed by atoms with Gasteiger partial charge in [0.15, 0.2) is 5.82 Å². The van der Waals surface area contributed by atoms with Crippen molar-refractivity contribution in [3.63, 3.8) is 0 Å². The fourth-order valence-corrected chi connectivity index (χ4v) is 2.32. The van der Waals surface area contributed by atoms with Gasteiger partial charge in [-0.2, -0.15) is 4.98 Å². The molecular formula is C12H20N4O. The molecule has 1 saturated heterocycles. The van der Waals surface area contributed by atoms with Crippen LogP contribution in [0, 0.1) is 5.92 Å². The molecule has 5 heteroatoms. The van der Waals surface area contributed by atoms with E-state index in [4.69, 9.17) is 4.52 Å². The first-order valence-corrected chi connectivity index (χ1v) is 6.60. The molecule has 1 aliphatic heterocycles. The molecule has 1 saturated carbocycles. The number of rotatable bonds is 4. The monoisotopic (exact) mass is 236 g/mol. The van der Waals surface area contributed by atoms with Crippen LogP contribution in [0.5, 0.6) is 0 Å². The Labute approximate surface area is 102 Å². The van der Waals surface area contributed by atoms with Gasteiger partial charge in [0.2, 0.25) is 5.89 Å². The molecule has 0 bridgehead atoms. The summed E-state index contributed by atoms with van der Waals surface area (Å²) in [6.07, 6.45) is 3.62. The summed E-state index contributed by atoms with van der Waals surface area (Å²) in [4.78, 5) is 6.93. The van der Waals surface area contributed by atoms with Crippen molar-refractivity contribution >= 4 is 0 Å². The number of hydrogen-bond acceptors (Lipinski definition) is 5. The minimum absolute atomic E-state index is 0.272. The van der Waals surface area contributed by atoms with Crippen LogP contribution < -0.4 is 5.32 Å². The smallest absolute Gasteiger partial charge is 0.226 e. The molecule has 1 N–H and O–H groups in total. The zero-order valence-electron chi connectivity index (χ0n) is 10.4. The van der Waals surface area contributed by atoms with E-state index in [0.29, 0.717) is 0 Å². The van der Waals surface area contributed by atoms with Gasteiger partial charge in [-0.1, -0.05) is 5.16 Å².